The first kappa shape index (κ1) is 39.3. The van der Waals surface area contributed by atoms with Crippen LogP contribution in [0.1, 0.15) is 63.2 Å². The predicted molar refractivity (Wildman–Crippen MR) is 189 cm³/mol. The lowest BCUT2D eigenvalue weighted by Gasteiger charge is -2.18. The quantitative estimate of drug-likeness (QED) is 0.106. The summed E-state index contributed by atoms with van der Waals surface area (Å²) < 4.78 is 75.7. The van der Waals surface area contributed by atoms with E-state index in [0.717, 1.165) is 0 Å². The molecule has 0 amide bonds. The first-order chi connectivity index (χ1) is 24.6. The Hall–Kier alpha value is -5.44. The van der Waals surface area contributed by atoms with Gasteiger partial charge < -0.3 is 23.8 Å². The predicted octanol–water partition coefficient (Wildman–Crippen LogP) is 7.13. The molecule has 11 nitrogen and oxygen atoms in total. The zero-order valence-corrected chi connectivity index (χ0v) is 30.4. The molecule has 0 saturated carbocycles. The van der Waals surface area contributed by atoms with Gasteiger partial charge in [-0.15, -0.1) is 0 Å². The van der Waals surface area contributed by atoms with Crippen molar-refractivity contribution >= 4 is 21.8 Å². The van der Waals surface area contributed by atoms with Crippen molar-refractivity contribution < 1.29 is 50.6 Å². The van der Waals surface area contributed by atoms with Crippen LogP contribution >= 0.6 is 0 Å². The van der Waals surface area contributed by atoms with Gasteiger partial charge in [-0.3, -0.25) is 4.79 Å². The summed E-state index contributed by atoms with van der Waals surface area (Å²) in [5, 5.41) is 13.6. The molecule has 1 unspecified atom stereocenters. The zero-order valence-electron chi connectivity index (χ0n) is 29.5. The van der Waals surface area contributed by atoms with E-state index >= 15 is 0 Å². The van der Waals surface area contributed by atoms with E-state index in [0.29, 0.717) is 50.4 Å². The minimum atomic E-state index is -3.86. The van der Waals surface area contributed by atoms with Gasteiger partial charge in [-0.25, -0.2) is 26.7 Å². The van der Waals surface area contributed by atoms with Crippen molar-refractivity contribution in [2.45, 2.75) is 45.2 Å². The number of sulfonamides is 1. The summed E-state index contributed by atoms with van der Waals surface area (Å²) in [7, 11) is 0.322. The van der Waals surface area contributed by atoms with Crippen molar-refractivity contribution in [1.82, 2.24) is 9.88 Å². The monoisotopic (exact) mass is 736 g/mol. The van der Waals surface area contributed by atoms with Gasteiger partial charge in [0.05, 0.1) is 33.5 Å². The van der Waals surface area contributed by atoms with Crippen LogP contribution in [0.4, 0.5) is 8.78 Å². The molecule has 0 aliphatic rings. The average Bonchev–Trinajstić information content (AvgIpc) is 3.48. The van der Waals surface area contributed by atoms with Crippen molar-refractivity contribution in [3.63, 3.8) is 0 Å². The van der Waals surface area contributed by atoms with Gasteiger partial charge >= 0.3 is 5.97 Å². The van der Waals surface area contributed by atoms with Crippen LogP contribution in [-0.2, 0) is 21.4 Å². The van der Waals surface area contributed by atoms with Crippen molar-refractivity contribution in [3.8, 4) is 33.8 Å². The lowest BCUT2D eigenvalue weighted by Crippen LogP contribution is -2.27. The number of carbonyl (C=O) groups excluding carboxylic acids is 2. The highest BCUT2D eigenvalue weighted by Gasteiger charge is 2.27. The fraction of sp³-hybridized carbons (Fsp3) is 0.237. The zero-order chi connectivity index (χ0) is 38.3. The van der Waals surface area contributed by atoms with E-state index in [1.165, 1.54) is 77.6 Å². The third-order valence-electron chi connectivity index (χ3n) is 8.10. The van der Waals surface area contributed by atoms with Gasteiger partial charge in [-0.1, -0.05) is 35.5 Å². The van der Waals surface area contributed by atoms with Gasteiger partial charge in [0.2, 0.25) is 10.0 Å². The smallest absolute Gasteiger partial charge is 0.338 e. The van der Waals surface area contributed by atoms with E-state index in [1.54, 1.807) is 44.2 Å². The number of aliphatic hydroxyl groups excluding tert-OH is 1. The third-order valence-corrected chi connectivity index (χ3v) is 9.89. The maximum Gasteiger partial charge on any atom is 0.338 e. The standard InChI is InChI=1S/C21H23FN2O5S.C17H15FO4/c1-12(24-30(26,27)21-13(2)23-29-14(21)3)15-5-7-18(16(9-15)11-25)19-10-17(22)6-8-20(19)28-4;1-10(19)11-4-6-13(15(8-11)17(20)22-3)14-9-12(18)5-7-16(14)21-2/h5-10,12,24-25H,11H2,1-4H3;4-9H,1-3H3. The number of ether oxygens (including phenoxy) is 3. The molecule has 1 atom stereocenters. The maximum atomic E-state index is 13.8. The molecule has 0 spiro atoms. The number of aromatic nitrogens is 1. The SMILES string of the molecule is COC(=O)c1cc(C(C)=O)ccc1-c1cc(F)ccc1OC.COc1ccc(F)cc1-c1ccc(C(C)NS(=O)(=O)c2c(C)noc2C)cc1CO. The summed E-state index contributed by atoms with van der Waals surface area (Å²) in [5.74, 6) is -0.584. The molecule has 0 bridgehead atoms. The Morgan fingerprint density at radius 1 is 0.846 bits per heavy atom. The van der Waals surface area contributed by atoms with Crippen LogP contribution in [-0.4, -0.2) is 51.8 Å². The van der Waals surface area contributed by atoms with Crippen molar-refractivity contribution in [2.75, 3.05) is 21.3 Å². The molecule has 5 rings (SSSR count). The molecular formula is C38H38F2N2O9S. The van der Waals surface area contributed by atoms with E-state index in [1.807, 2.05) is 0 Å². The van der Waals surface area contributed by atoms with E-state index in [2.05, 4.69) is 9.88 Å². The van der Waals surface area contributed by atoms with Gasteiger partial charge in [0, 0.05) is 28.3 Å². The Balaban J connectivity index is 0.000000244. The number of hydrogen-bond acceptors (Lipinski definition) is 10. The number of carbonyl (C=O) groups is 2. The van der Waals surface area contributed by atoms with Crippen LogP contribution in [0.15, 0.2) is 82.2 Å². The van der Waals surface area contributed by atoms with E-state index in [-0.39, 0.29) is 34.3 Å². The second kappa shape index (κ2) is 16.7. The molecule has 14 heteroatoms. The Morgan fingerprint density at radius 3 is 1.92 bits per heavy atom. The maximum absolute atomic E-state index is 13.8. The Kier molecular flexibility index (Phi) is 12.7. The number of halogens is 2. The summed E-state index contributed by atoms with van der Waals surface area (Å²) in [6.45, 7) is 5.87. The molecule has 5 aromatic rings. The molecule has 0 radical (unpaired) electrons. The fourth-order valence-electron chi connectivity index (χ4n) is 5.55. The lowest BCUT2D eigenvalue weighted by atomic mass is 9.95. The summed E-state index contributed by atoms with van der Waals surface area (Å²) >= 11 is 0. The van der Waals surface area contributed by atoms with Crippen molar-refractivity contribution in [3.05, 3.63) is 118 Å². The number of Topliss-reactive ketones (excluding diaryl/α,β-unsaturated/α-hetero) is 1. The van der Waals surface area contributed by atoms with Crippen LogP contribution in [0, 0.1) is 25.5 Å². The molecule has 1 heterocycles. The first-order valence-corrected chi connectivity index (χ1v) is 17.2. The van der Waals surface area contributed by atoms with Gasteiger partial charge in [0.15, 0.2) is 11.5 Å². The number of aryl methyl sites for hydroxylation is 2. The number of esters is 1. The molecule has 0 aliphatic carbocycles. The number of methoxy groups -OCH3 is 3. The van der Waals surface area contributed by atoms with Gasteiger partial charge in [-0.05, 0) is 86.8 Å². The minimum Gasteiger partial charge on any atom is -0.496 e. The Morgan fingerprint density at radius 2 is 1.42 bits per heavy atom. The molecule has 274 valence electrons. The van der Waals surface area contributed by atoms with Crippen molar-refractivity contribution in [1.29, 1.82) is 0 Å². The second-order valence-electron chi connectivity index (χ2n) is 11.6. The van der Waals surface area contributed by atoms with Crippen LogP contribution in [0.5, 0.6) is 11.5 Å². The van der Waals surface area contributed by atoms with E-state index in [9.17, 15) is 31.9 Å². The fourth-order valence-corrected chi connectivity index (χ4v) is 7.11. The molecular weight excluding hydrogens is 698 g/mol. The normalized spacial score (nSPS) is 11.7. The number of nitrogens with zero attached hydrogens (tertiary/aromatic N) is 1. The summed E-state index contributed by atoms with van der Waals surface area (Å²) in [6, 6.07) is 17.3. The minimum absolute atomic E-state index is 0.0119. The Bertz CT molecular complexity index is 2200. The highest BCUT2D eigenvalue weighted by molar-refractivity contribution is 7.89. The summed E-state index contributed by atoms with van der Waals surface area (Å²) in [4.78, 5) is 23.5. The molecule has 2 N–H and O–H groups in total. The number of rotatable bonds is 11. The van der Waals surface area contributed by atoms with Crippen LogP contribution < -0.4 is 14.2 Å². The number of benzene rings is 4. The number of ketones is 1. The highest BCUT2D eigenvalue weighted by Crippen LogP contribution is 2.36. The molecule has 52 heavy (non-hydrogen) atoms. The second-order valence-corrected chi connectivity index (χ2v) is 13.2. The number of aliphatic hydroxyl groups is 1. The van der Waals surface area contributed by atoms with Crippen LogP contribution in [0.3, 0.4) is 0 Å². The highest BCUT2D eigenvalue weighted by atomic mass is 32.2. The van der Waals surface area contributed by atoms with Gasteiger partial charge in [0.25, 0.3) is 0 Å². The molecule has 0 fully saturated rings. The largest absolute Gasteiger partial charge is 0.496 e. The topological polar surface area (TPSA) is 154 Å². The van der Waals surface area contributed by atoms with E-state index in [4.69, 9.17) is 18.7 Å². The summed E-state index contributed by atoms with van der Waals surface area (Å²) in [6.07, 6.45) is 0. The number of nitrogens with one attached hydrogen (secondary N) is 1. The van der Waals surface area contributed by atoms with Gasteiger partial charge in [0.1, 0.15) is 33.7 Å². The molecule has 1 aromatic heterocycles. The molecule has 4 aromatic carbocycles. The third kappa shape index (κ3) is 8.70. The first-order valence-electron chi connectivity index (χ1n) is 15.8. The average molecular weight is 737 g/mol. The summed E-state index contributed by atoms with van der Waals surface area (Å²) in [5.41, 5.74) is 3.92. The van der Waals surface area contributed by atoms with Gasteiger partial charge in [-0.2, -0.15) is 0 Å². The Labute approximate surface area is 300 Å². The van der Waals surface area contributed by atoms with Crippen LogP contribution in [0.2, 0.25) is 0 Å². The van der Waals surface area contributed by atoms with Crippen LogP contribution in [0.25, 0.3) is 22.3 Å². The molecule has 0 saturated heterocycles. The molecule has 0 aliphatic heterocycles. The van der Waals surface area contributed by atoms with E-state index < -0.39 is 33.7 Å². The number of hydrogen-bond donors (Lipinski definition) is 2. The lowest BCUT2D eigenvalue weighted by molar-refractivity contribution is 0.0601. The van der Waals surface area contributed by atoms with Crippen molar-refractivity contribution in [2.24, 2.45) is 0 Å².